The van der Waals surface area contributed by atoms with Gasteiger partial charge in [0.05, 0.1) is 12.1 Å². The van der Waals surface area contributed by atoms with Gasteiger partial charge in [0.1, 0.15) is 0 Å². The molecule has 0 bridgehead atoms. The number of nitrogens with one attached hydrogen (secondary N) is 1. The Morgan fingerprint density at radius 1 is 1.19 bits per heavy atom. The molecule has 0 aromatic rings. The van der Waals surface area contributed by atoms with E-state index in [-0.39, 0.29) is 23.7 Å². The number of urea groups is 1. The number of amides is 2. The van der Waals surface area contributed by atoms with Gasteiger partial charge in [0, 0.05) is 12.1 Å². The third kappa shape index (κ3) is 6.25. The quantitative estimate of drug-likeness (QED) is 0.735. The van der Waals surface area contributed by atoms with Crippen molar-refractivity contribution in [3.63, 3.8) is 0 Å². The van der Waals surface area contributed by atoms with Crippen LogP contribution in [0.5, 0.6) is 0 Å². The average molecular weight is 298 g/mol. The second kappa shape index (κ2) is 8.62. The van der Waals surface area contributed by atoms with Crippen LogP contribution in [0.1, 0.15) is 79.1 Å². The minimum absolute atomic E-state index is 0.0232. The van der Waals surface area contributed by atoms with E-state index in [2.05, 4.69) is 33.0 Å². The van der Waals surface area contributed by atoms with Crippen LogP contribution in [0.4, 0.5) is 4.79 Å². The molecule has 1 rings (SSSR count). The Bertz CT molecular complexity index is 312. The molecule has 4 nitrogen and oxygen atoms in total. The van der Waals surface area contributed by atoms with Crippen molar-refractivity contribution in [3.8, 4) is 0 Å². The minimum atomic E-state index is -0.385. The fraction of sp³-hybridized carbons (Fsp3) is 0.941. The lowest BCUT2D eigenvalue weighted by molar-refractivity contribution is 0.0824. The topological polar surface area (TPSA) is 52.6 Å². The molecule has 4 heteroatoms. The summed E-state index contributed by atoms with van der Waals surface area (Å²) in [5.41, 5.74) is -0.185. The Morgan fingerprint density at radius 3 is 2.43 bits per heavy atom. The van der Waals surface area contributed by atoms with Crippen LogP contribution in [0.15, 0.2) is 0 Å². The van der Waals surface area contributed by atoms with Crippen LogP contribution in [-0.2, 0) is 0 Å². The molecule has 0 spiro atoms. The van der Waals surface area contributed by atoms with Crippen molar-refractivity contribution in [1.29, 1.82) is 0 Å². The predicted molar refractivity (Wildman–Crippen MR) is 87.4 cm³/mol. The third-order valence-corrected chi connectivity index (χ3v) is 4.33. The van der Waals surface area contributed by atoms with Crippen LogP contribution < -0.4 is 5.32 Å². The molecule has 1 aliphatic carbocycles. The van der Waals surface area contributed by atoms with Crippen molar-refractivity contribution < 1.29 is 9.90 Å². The summed E-state index contributed by atoms with van der Waals surface area (Å²) < 4.78 is 0. The van der Waals surface area contributed by atoms with Gasteiger partial charge >= 0.3 is 6.03 Å². The molecule has 0 aromatic carbocycles. The van der Waals surface area contributed by atoms with Crippen molar-refractivity contribution in [2.24, 2.45) is 0 Å². The van der Waals surface area contributed by atoms with Crippen molar-refractivity contribution in [1.82, 2.24) is 10.2 Å². The summed E-state index contributed by atoms with van der Waals surface area (Å²) in [4.78, 5) is 14.5. The highest BCUT2D eigenvalue weighted by molar-refractivity contribution is 5.75. The SMILES string of the molecule is CCCCCCN(C(=O)N[C@H]1CCCC[C@@H]1O)C(C)(C)C. The lowest BCUT2D eigenvalue weighted by Gasteiger charge is -2.38. The standard InChI is InChI=1S/C17H34N2O2/c1-5-6-7-10-13-19(17(2,3)4)16(21)18-14-11-8-9-12-15(14)20/h14-15,20H,5-13H2,1-4H3,(H,18,21)/t14-,15-/m0/s1. The maximum atomic E-state index is 12.6. The number of carbonyl (C=O) groups is 1. The van der Waals surface area contributed by atoms with E-state index in [4.69, 9.17) is 0 Å². The molecule has 1 aliphatic rings. The molecule has 0 aromatic heterocycles. The van der Waals surface area contributed by atoms with Crippen molar-refractivity contribution in [2.45, 2.75) is 96.7 Å². The molecule has 2 atom stereocenters. The van der Waals surface area contributed by atoms with E-state index in [1.54, 1.807) is 0 Å². The number of aliphatic hydroxyl groups excluding tert-OH is 1. The van der Waals surface area contributed by atoms with Gasteiger partial charge in [0.2, 0.25) is 0 Å². The third-order valence-electron chi connectivity index (χ3n) is 4.33. The molecule has 2 amide bonds. The second-order valence-electron chi connectivity index (χ2n) is 7.29. The molecule has 0 heterocycles. The molecular weight excluding hydrogens is 264 g/mol. The molecule has 1 saturated carbocycles. The zero-order chi connectivity index (χ0) is 15.9. The summed E-state index contributed by atoms with van der Waals surface area (Å²) in [6, 6.07) is -0.100. The fourth-order valence-corrected chi connectivity index (χ4v) is 2.95. The van der Waals surface area contributed by atoms with Gasteiger partial charge in [-0.1, -0.05) is 39.0 Å². The molecule has 0 unspecified atom stereocenters. The zero-order valence-corrected chi connectivity index (χ0v) is 14.3. The van der Waals surface area contributed by atoms with Gasteiger partial charge in [-0.3, -0.25) is 0 Å². The van der Waals surface area contributed by atoms with Gasteiger partial charge in [-0.25, -0.2) is 4.79 Å². The van der Waals surface area contributed by atoms with Gasteiger partial charge in [-0.2, -0.15) is 0 Å². The molecule has 2 N–H and O–H groups in total. The first-order valence-electron chi connectivity index (χ1n) is 8.62. The Balaban J connectivity index is 2.54. The molecule has 0 radical (unpaired) electrons. The Kier molecular flexibility index (Phi) is 7.50. The minimum Gasteiger partial charge on any atom is -0.391 e. The maximum absolute atomic E-state index is 12.6. The summed E-state index contributed by atoms with van der Waals surface area (Å²) in [6.45, 7) is 9.20. The van der Waals surface area contributed by atoms with Gasteiger partial charge in [-0.05, 0) is 40.0 Å². The second-order valence-corrected chi connectivity index (χ2v) is 7.29. The number of nitrogens with zero attached hydrogens (tertiary/aromatic N) is 1. The first-order valence-corrected chi connectivity index (χ1v) is 8.62. The lowest BCUT2D eigenvalue weighted by Crippen LogP contribution is -2.55. The first kappa shape index (κ1) is 18.3. The van der Waals surface area contributed by atoms with E-state index < -0.39 is 0 Å². The summed E-state index contributed by atoms with van der Waals surface area (Å²) in [5, 5.41) is 13.1. The normalized spacial score (nSPS) is 22.9. The molecule has 0 aliphatic heterocycles. The molecule has 1 fully saturated rings. The van der Waals surface area contributed by atoms with Gasteiger partial charge in [0.15, 0.2) is 0 Å². The highest BCUT2D eigenvalue weighted by atomic mass is 16.3. The number of aliphatic hydroxyl groups is 1. The fourth-order valence-electron chi connectivity index (χ4n) is 2.95. The molecular formula is C17H34N2O2. The van der Waals surface area contributed by atoms with E-state index >= 15 is 0 Å². The Labute approximate surface area is 130 Å². The largest absolute Gasteiger partial charge is 0.391 e. The van der Waals surface area contributed by atoms with Gasteiger partial charge < -0.3 is 15.3 Å². The number of carbonyl (C=O) groups excluding carboxylic acids is 1. The van der Waals surface area contributed by atoms with E-state index in [0.717, 1.165) is 38.6 Å². The Hall–Kier alpha value is -0.770. The predicted octanol–water partition coefficient (Wildman–Crippen LogP) is 3.68. The zero-order valence-electron chi connectivity index (χ0n) is 14.3. The van der Waals surface area contributed by atoms with Gasteiger partial charge in [-0.15, -0.1) is 0 Å². The van der Waals surface area contributed by atoms with E-state index in [0.29, 0.717) is 0 Å². The molecule has 21 heavy (non-hydrogen) atoms. The van der Waals surface area contributed by atoms with Crippen molar-refractivity contribution in [3.05, 3.63) is 0 Å². The van der Waals surface area contributed by atoms with E-state index in [9.17, 15) is 9.90 Å². The van der Waals surface area contributed by atoms with E-state index in [1.165, 1.54) is 19.3 Å². The first-order chi connectivity index (χ1) is 9.86. The number of hydrogen-bond acceptors (Lipinski definition) is 2. The smallest absolute Gasteiger partial charge is 0.318 e. The Morgan fingerprint density at radius 2 is 1.86 bits per heavy atom. The number of hydrogen-bond donors (Lipinski definition) is 2. The van der Waals surface area contributed by atoms with Crippen LogP contribution in [0.25, 0.3) is 0 Å². The molecule has 124 valence electrons. The van der Waals surface area contributed by atoms with Gasteiger partial charge in [0.25, 0.3) is 0 Å². The van der Waals surface area contributed by atoms with Crippen molar-refractivity contribution in [2.75, 3.05) is 6.54 Å². The maximum Gasteiger partial charge on any atom is 0.318 e. The van der Waals surface area contributed by atoms with Crippen LogP contribution in [0.2, 0.25) is 0 Å². The number of rotatable bonds is 6. The summed E-state index contributed by atoms with van der Waals surface area (Å²) in [7, 11) is 0. The van der Waals surface area contributed by atoms with Crippen LogP contribution in [-0.4, -0.2) is 40.3 Å². The van der Waals surface area contributed by atoms with Crippen LogP contribution in [0, 0.1) is 0 Å². The van der Waals surface area contributed by atoms with E-state index in [1.807, 2.05) is 4.90 Å². The average Bonchev–Trinajstić information content (AvgIpc) is 2.39. The summed E-state index contributed by atoms with van der Waals surface area (Å²) in [6.07, 6.45) is 8.11. The highest BCUT2D eigenvalue weighted by Crippen LogP contribution is 2.20. The molecule has 0 saturated heterocycles. The summed E-state index contributed by atoms with van der Waals surface area (Å²) >= 11 is 0. The number of unbranched alkanes of at least 4 members (excludes halogenated alkanes) is 3. The monoisotopic (exact) mass is 298 g/mol. The van der Waals surface area contributed by atoms with Crippen LogP contribution in [0.3, 0.4) is 0 Å². The highest BCUT2D eigenvalue weighted by Gasteiger charge is 2.30. The summed E-state index contributed by atoms with van der Waals surface area (Å²) in [5.74, 6) is 0. The lowest BCUT2D eigenvalue weighted by atomic mass is 9.92. The van der Waals surface area contributed by atoms with Crippen LogP contribution >= 0.6 is 0 Å². The van der Waals surface area contributed by atoms with Crippen molar-refractivity contribution >= 4 is 6.03 Å².